The first kappa shape index (κ1) is 12.9. The van der Waals surface area contributed by atoms with Crippen molar-refractivity contribution in [3.63, 3.8) is 0 Å². The second-order valence-electron chi connectivity index (χ2n) is 3.95. The van der Waals surface area contributed by atoms with Crippen molar-refractivity contribution in [2.24, 2.45) is 0 Å². The van der Waals surface area contributed by atoms with E-state index in [0.29, 0.717) is 5.75 Å². The molecular weight excluding hydrogens is 257 g/mol. The summed E-state index contributed by atoms with van der Waals surface area (Å²) in [5, 5.41) is 8.45. The Morgan fingerprint density at radius 3 is 2.72 bits per heavy atom. The summed E-state index contributed by atoms with van der Waals surface area (Å²) in [6.45, 7) is 0.184. The van der Waals surface area contributed by atoms with Gasteiger partial charge >= 0.3 is 5.97 Å². The number of carbonyl (C=O) groups is 2. The van der Waals surface area contributed by atoms with Crippen LogP contribution in [0, 0.1) is 5.82 Å². The number of carboxylic acids is 1. The lowest BCUT2D eigenvalue weighted by Crippen LogP contribution is -2.30. The Labute approximate surface area is 108 Å². The molecular formula is C12H12FNO3S. The highest BCUT2D eigenvalue weighted by Crippen LogP contribution is 2.38. The van der Waals surface area contributed by atoms with Gasteiger partial charge in [-0.1, -0.05) is 12.1 Å². The van der Waals surface area contributed by atoms with Crippen LogP contribution in [0.15, 0.2) is 24.3 Å². The number of benzene rings is 1. The predicted octanol–water partition coefficient (Wildman–Crippen LogP) is 1.87. The van der Waals surface area contributed by atoms with Crippen LogP contribution in [0.3, 0.4) is 0 Å². The van der Waals surface area contributed by atoms with Gasteiger partial charge in [0.05, 0.1) is 12.2 Å². The van der Waals surface area contributed by atoms with E-state index in [-0.39, 0.29) is 30.1 Å². The van der Waals surface area contributed by atoms with E-state index < -0.39 is 5.97 Å². The molecule has 0 bridgehead atoms. The summed E-state index contributed by atoms with van der Waals surface area (Å²) in [5.74, 6) is -1.000. The summed E-state index contributed by atoms with van der Waals surface area (Å²) in [4.78, 5) is 23.8. The fourth-order valence-electron chi connectivity index (χ4n) is 1.82. The molecule has 18 heavy (non-hydrogen) atoms. The average Bonchev–Trinajstić information content (AvgIpc) is 2.69. The number of halogens is 1. The van der Waals surface area contributed by atoms with Crippen molar-refractivity contribution in [2.45, 2.75) is 11.8 Å². The van der Waals surface area contributed by atoms with Crippen molar-refractivity contribution in [2.75, 3.05) is 12.3 Å². The highest BCUT2D eigenvalue weighted by molar-refractivity contribution is 8.00. The molecule has 1 unspecified atom stereocenters. The van der Waals surface area contributed by atoms with Gasteiger partial charge in [-0.3, -0.25) is 9.59 Å². The van der Waals surface area contributed by atoms with E-state index in [2.05, 4.69) is 0 Å². The second-order valence-corrected chi connectivity index (χ2v) is 5.01. The minimum atomic E-state index is -0.933. The molecule has 1 aromatic carbocycles. The molecule has 1 fully saturated rings. The van der Waals surface area contributed by atoms with Gasteiger partial charge in [-0.05, 0) is 17.7 Å². The molecule has 0 saturated carbocycles. The Bertz CT molecular complexity index is 463. The molecule has 1 aliphatic heterocycles. The number of hydrogen-bond donors (Lipinski definition) is 1. The van der Waals surface area contributed by atoms with E-state index in [0.717, 1.165) is 5.56 Å². The average molecular weight is 269 g/mol. The minimum absolute atomic E-state index is 0.0735. The van der Waals surface area contributed by atoms with Gasteiger partial charge in [0.25, 0.3) is 0 Å². The Hall–Kier alpha value is -1.56. The van der Waals surface area contributed by atoms with Crippen LogP contribution in [-0.4, -0.2) is 34.2 Å². The zero-order valence-electron chi connectivity index (χ0n) is 9.51. The number of amides is 1. The summed E-state index contributed by atoms with van der Waals surface area (Å²) >= 11 is 1.43. The summed E-state index contributed by atoms with van der Waals surface area (Å²) in [6, 6.07) is 5.93. The fourth-order valence-corrected chi connectivity index (χ4v) is 3.03. The van der Waals surface area contributed by atoms with Gasteiger partial charge in [0.15, 0.2) is 0 Å². The molecule has 2 rings (SSSR count). The first-order valence-electron chi connectivity index (χ1n) is 5.46. The third kappa shape index (κ3) is 2.81. The van der Waals surface area contributed by atoms with Crippen molar-refractivity contribution in [3.8, 4) is 0 Å². The Morgan fingerprint density at radius 2 is 2.11 bits per heavy atom. The van der Waals surface area contributed by atoms with E-state index in [1.165, 1.54) is 28.8 Å². The molecule has 1 aliphatic rings. The smallest absolute Gasteiger partial charge is 0.305 e. The van der Waals surface area contributed by atoms with Crippen LogP contribution in [0.1, 0.15) is 17.4 Å². The lowest BCUT2D eigenvalue weighted by atomic mass is 10.2. The number of thioether (sulfide) groups is 1. The molecule has 1 heterocycles. The number of rotatable bonds is 4. The van der Waals surface area contributed by atoms with Crippen LogP contribution in [0.25, 0.3) is 0 Å². The molecule has 0 aliphatic carbocycles. The van der Waals surface area contributed by atoms with Crippen LogP contribution >= 0.6 is 11.8 Å². The monoisotopic (exact) mass is 269 g/mol. The minimum Gasteiger partial charge on any atom is -0.481 e. The number of carboxylic acid groups (broad SMARTS) is 1. The molecule has 1 N–H and O–H groups in total. The summed E-state index contributed by atoms with van der Waals surface area (Å²) in [7, 11) is 0. The maximum atomic E-state index is 12.8. The Morgan fingerprint density at radius 1 is 1.44 bits per heavy atom. The molecule has 0 aromatic heterocycles. The molecule has 4 nitrogen and oxygen atoms in total. The SMILES string of the molecule is O=C(O)CCN1C(=O)CSC1c1ccc(F)cc1. The fraction of sp³-hybridized carbons (Fsp3) is 0.333. The highest BCUT2D eigenvalue weighted by atomic mass is 32.2. The van der Waals surface area contributed by atoms with Crippen molar-refractivity contribution in [3.05, 3.63) is 35.6 Å². The zero-order chi connectivity index (χ0) is 13.1. The van der Waals surface area contributed by atoms with E-state index in [1.54, 1.807) is 12.1 Å². The number of hydrogen-bond acceptors (Lipinski definition) is 3. The molecule has 0 spiro atoms. The molecule has 0 radical (unpaired) electrons. The highest BCUT2D eigenvalue weighted by Gasteiger charge is 2.32. The van der Waals surface area contributed by atoms with E-state index >= 15 is 0 Å². The van der Waals surface area contributed by atoms with Crippen molar-refractivity contribution >= 4 is 23.6 Å². The molecule has 1 atom stereocenters. The molecule has 96 valence electrons. The number of aliphatic carboxylic acids is 1. The van der Waals surface area contributed by atoms with Gasteiger partial charge in [-0.25, -0.2) is 4.39 Å². The Kier molecular flexibility index (Phi) is 3.86. The van der Waals surface area contributed by atoms with Gasteiger partial charge in [0, 0.05) is 6.54 Å². The zero-order valence-corrected chi connectivity index (χ0v) is 10.3. The van der Waals surface area contributed by atoms with E-state index in [1.807, 2.05) is 0 Å². The van der Waals surface area contributed by atoms with Crippen LogP contribution < -0.4 is 0 Å². The third-order valence-corrected chi connectivity index (χ3v) is 3.95. The largest absolute Gasteiger partial charge is 0.481 e. The quantitative estimate of drug-likeness (QED) is 0.906. The summed E-state index contributed by atoms with van der Waals surface area (Å²) in [6.07, 6.45) is -0.0794. The van der Waals surface area contributed by atoms with Crippen LogP contribution in [0.5, 0.6) is 0 Å². The second kappa shape index (κ2) is 5.39. The summed E-state index contributed by atoms with van der Waals surface area (Å²) < 4.78 is 12.8. The van der Waals surface area contributed by atoms with Crippen LogP contribution in [-0.2, 0) is 9.59 Å². The lowest BCUT2D eigenvalue weighted by molar-refractivity contribution is -0.138. The normalized spacial score (nSPS) is 19.3. The van der Waals surface area contributed by atoms with E-state index in [9.17, 15) is 14.0 Å². The van der Waals surface area contributed by atoms with Crippen LogP contribution in [0.2, 0.25) is 0 Å². The van der Waals surface area contributed by atoms with Crippen molar-refractivity contribution in [1.29, 1.82) is 0 Å². The molecule has 1 saturated heterocycles. The standard InChI is InChI=1S/C12H12FNO3S/c13-9-3-1-8(2-4-9)12-14(6-5-11(16)17)10(15)7-18-12/h1-4,12H,5-7H2,(H,16,17). The van der Waals surface area contributed by atoms with E-state index in [4.69, 9.17) is 5.11 Å². The van der Waals surface area contributed by atoms with Crippen molar-refractivity contribution < 1.29 is 19.1 Å². The predicted molar refractivity (Wildman–Crippen MR) is 65.6 cm³/mol. The molecule has 6 heteroatoms. The topological polar surface area (TPSA) is 57.6 Å². The lowest BCUT2D eigenvalue weighted by Gasteiger charge is -2.23. The van der Waals surface area contributed by atoms with Crippen molar-refractivity contribution in [1.82, 2.24) is 4.90 Å². The molecule has 1 aromatic rings. The van der Waals surface area contributed by atoms with Crippen LogP contribution in [0.4, 0.5) is 4.39 Å². The maximum absolute atomic E-state index is 12.8. The van der Waals surface area contributed by atoms with Gasteiger partial charge in [0.2, 0.25) is 5.91 Å². The first-order valence-corrected chi connectivity index (χ1v) is 6.51. The van der Waals surface area contributed by atoms with Gasteiger partial charge < -0.3 is 10.0 Å². The van der Waals surface area contributed by atoms with Gasteiger partial charge in [-0.2, -0.15) is 0 Å². The third-order valence-electron chi connectivity index (χ3n) is 2.69. The van der Waals surface area contributed by atoms with Gasteiger partial charge in [0.1, 0.15) is 11.2 Å². The Balaban J connectivity index is 2.13. The number of nitrogens with zero attached hydrogens (tertiary/aromatic N) is 1. The summed E-state index contributed by atoms with van der Waals surface area (Å²) in [5.41, 5.74) is 0.817. The number of carbonyl (C=O) groups excluding carboxylic acids is 1. The molecule has 1 amide bonds. The van der Waals surface area contributed by atoms with Gasteiger partial charge in [-0.15, -0.1) is 11.8 Å². The first-order chi connectivity index (χ1) is 8.58. The maximum Gasteiger partial charge on any atom is 0.305 e.